The number of nitrogens with zero attached hydrogens (tertiary/aromatic N) is 2. The number of carbonyl (C=O) groups is 1. The molecule has 0 saturated carbocycles. The van der Waals surface area contributed by atoms with E-state index in [4.69, 9.17) is 0 Å². The van der Waals surface area contributed by atoms with Crippen molar-refractivity contribution >= 4 is 27.3 Å². The molecule has 1 fully saturated rings. The molecule has 6 nitrogen and oxygen atoms in total. The Kier molecular flexibility index (Phi) is 6.97. The lowest BCUT2D eigenvalue weighted by molar-refractivity contribution is -0.120. The van der Waals surface area contributed by atoms with Gasteiger partial charge in [0.25, 0.3) is 0 Å². The number of hydrogen-bond acceptors (Lipinski definition) is 4. The molecule has 1 atom stereocenters. The van der Waals surface area contributed by atoms with Crippen molar-refractivity contribution in [3.63, 3.8) is 0 Å². The Morgan fingerprint density at radius 2 is 1.67 bits per heavy atom. The maximum atomic E-state index is 13.2. The summed E-state index contributed by atoms with van der Waals surface area (Å²) in [5, 5.41) is 2.85. The van der Waals surface area contributed by atoms with E-state index in [1.165, 1.54) is 37.1 Å². The molecular weight excluding hydrogens is 405 g/mol. The Morgan fingerprint density at radius 1 is 1.07 bits per heavy atom. The van der Waals surface area contributed by atoms with Gasteiger partial charge in [-0.25, -0.2) is 12.8 Å². The van der Waals surface area contributed by atoms with E-state index in [9.17, 15) is 17.6 Å². The first-order valence-corrected chi connectivity index (χ1v) is 12.0. The van der Waals surface area contributed by atoms with Crippen molar-refractivity contribution < 1.29 is 17.6 Å². The molecule has 1 aliphatic rings. The summed E-state index contributed by atoms with van der Waals surface area (Å²) in [5.74, 6) is -0.907. The number of nitrogens with one attached hydrogen (secondary N) is 1. The topological polar surface area (TPSA) is 69.7 Å². The van der Waals surface area contributed by atoms with Gasteiger partial charge in [-0.3, -0.25) is 9.10 Å². The number of anilines is 2. The number of halogens is 1. The second-order valence-corrected chi connectivity index (χ2v) is 9.58. The summed E-state index contributed by atoms with van der Waals surface area (Å²) in [7, 11) is -3.70. The van der Waals surface area contributed by atoms with Crippen LogP contribution >= 0.6 is 0 Å². The number of benzene rings is 2. The molecule has 0 aliphatic carbocycles. The zero-order chi connectivity index (χ0) is 21.7. The predicted octanol–water partition coefficient (Wildman–Crippen LogP) is 3.46. The fourth-order valence-corrected chi connectivity index (χ4v) is 4.49. The summed E-state index contributed by atoms with van der Waals surface area (Å²) in [4.78, 5) is 14.9. The van der Waals surface area contributed by atoms with Crippen molar-refractivity contribution in [2.75, 3.05) is 35.1 Å². The summed E-state index contributed by atoms with van der Waals surface area (Å²) >= 11 is 0. The van der Waals surface area contributed by atoms with Crippen molar-refractivity contribution in [3.05, 3.63) is 59.9 Å². The molecule has 2 aromatic carbocycles. The van der Waals surface area contributed by atoms with Gasteiger partial charge in [0, 0.05) is 18.8 Å². The van der Waals surface area contributed by atoms with Crippen LogP contribution in [0.1, 0.15) is 37.8 Å². The van der Waals surface area contributed by atoms with E-state index >= 15 is 0 Å². The van der Waals surface area contributed by atoms with Crippen molar-refractivity contribution in [1.82, 2.24) is 5.32 Å². The lowest BCUT2D eigenvalue weighted by atomic mass is 10.1. The summed E-state index contributed by atoms with van der Waals surface area (Å²) in [6, 6.07) is 12.8. The first-order valence-electron chi connectivity index (χ1n) is 10.1. The van der Waals surface area contributed by atoms with E-state index < -0.39 is 21.7 Å². The van der Waals surface area contributed by atoms with Gasteiger partial charge in [-0.05, 0) is 68.1 Å². The van der Waals surface area contributed by atoms with Crippen LogP contribution in [-0.4, -0.2) is 40.2 Å². The molecule has 1 heterocycles. The first kappa shape index (κ1) is 22.1. The van der Waals surface area contributed by atoms with E-state index in [-0.39, 0.29) is 18.3 Å². The number of piperidine rings is 1. The molecule has 1 saturated heterocycles. The smallest absolute Gasteiger partial charge is 0.241 e. The van der Waals surface area contributed by atoms with Gasteiger partial charge >= 0.3 is 0 Å². The van der Waals surface area contributed by atoms with E-state index in [0.29, 0.717) is 0 Å². The van der Waals surface area contributed by atoms with Gasteiger partial charge in [-0.2, -0.15) is 0 Å². The lowest BCUT2D eigenvalue weighted by Gasteiger charge is -2.29. The largest absolute Gasteiger partial charge is 0.372 e. The fraction of sp³-hybridized carbons (Fsp3) is 0.409. The monoisotopic (exact) mass is 433 g/mol. The molecule has 1 unspecified atom stereocenters. The fourth-order valence-electron chi connectivity index (χ4n) is 3.63. The number of rotatable bonds is 7. The molecule has 30 heavy (non-hydrogen) atoms. The average Bonchev–Trinajstić information content (AvgIpc) is 2.73. The van der Waals surface area contributed by atoms with E-state index in [0.717, 1.165) is 41.3 Å². The molecule has 1 N–H and O–H groups in total. The van der Waals surface area contributed by atoms with Gasteiger partial charge in [-0.15, -0.1) is 0 Å². The molecule has 8 heteroatoms. The summed E-state index contributed by atoms with van der Waals surface area (Å²) in [6.07, 6.45) is 4.71. The van der Waals surface area contributed by atoms with Crippen LogP contribution in [0.3, 0.4) is 0 Å². The molecule has 1 amide bonds. The van der Waals surface area contributed by atoms with Crippen molar-refractivity contribution in [2.45, 2.75) is 32.2 Å². The quantitative estimate of drug-likeness (QED) is 0.726. The van der Waals surface area contributed by atoms with Gasteiger partial charge in [-0.1, -0.05) is 12.1 Å². The second kappa shape index (κ2) is 9.47. The van der Waals surface area contributed by atoms with Crippen LogP contribution < -0.4 is 14.5 Å². The summed E-state index contributed by atoms with van der Waals surface area (Å²) in [5.41, 5.74) is 2.36. The molecule has 0 aromatic heterocycles. The Balaban J connectivity index is 1.64. The van der Waals surface area contributed by atoms with Crippen LogP contribution in [0.5, 0.6) is 0 Å². The van der Waals surface area contributed by atoms with Gasteiger partial charge in [0.1, 0.15) is 12.4 Å². The van der Waals surface area contributed by atoms with Crippen molar-refractivity contribution in [3.8, 4) is 0 Å². The normalized spacial score (nSPS) is 15.5. The third-order valence-corrected chi connectivity index (χ3v) is 6.43. The molecule has 162 valence electrons. The number of carbonyl (C=O) groups excluding carboxylic acids is 1. The highest BCUT2D eigenvalue weighted by molar-refractivity contribution is 7.92. The summed E-state index contributed by atoms with van der Waals surface area (Å²) < 4.78 is 38.4. The minimum Gasteiger partial charge on any atom is -0.372 e. The van der Waals surface area contributed by atoms with Gasteiger partial charge in [0.15, 0.2) is 0 Å². The maximum absolute atomic E-state index is 13.2. The van der Waals surface area contributed by atoms with Crippen LogP contribution in [0, 0.1) is 5.82 Å². The molecule has 2 aromatic rings. The minimum atomic E-state index is -3.70. The summed E-state index contributed by atoms with van der Waals surface area (Å²) in [6.45, 7) is 3.61. The predicted molar refractivity (Wildman–Crippen MR) is 118 cm³/mol. The van der Waals surface area contributed by atoms with Crippen LogP contribution in [0.25, 0.3) is 0 Å². The first-order chi connectivity index (χ1) is 14.2. The maximum Gasteiger partial charge on any atom is 0.241 e. The second-order valence-electron chi connectivity index (χ2n) is 7.67. The molecule has 0 spiro atoms. The van der Waals surface area contributed by atoms with Gasteiger partial charge < -0.3 is 10.2 Å². The molecule has 3 rings (SSSR count). The number of sulfonamides is 1. The lowest BCUT2D eigenvalue weighted by Crippen LogP contribution is -2.41. The van der Waals surface area contributed by atoms with Gasteiger partial charge in [0.05, 0.1) is 18.0 Å². The molecule has 0 radical (unpaired) electrons. The van der Waals surface area contributed by atoms with Crippen molar-refractivity contribution in [2.24, 2.45) is 0 Å². The van der Waals surface area contributed by atoms with Crippen LogP contribution in [0.4, 0.5) is 15.8 Å². The highest BCUT2D eigenvalue weighted by Gasteiger charge is 2.22. The van der Waals surface area contributed by atoms with Crippen molar-refractivity contribution in [1.29, 1.82) is 0 Å². The molecular formula is C22H28FN3O3S. The van der Waals surface area contributed by atoms with E-state index in [1.54, 1.807) is 0 Å². The third kappa shape index (κ3) is 5.72. The number of hydrogen-bond donors (Lipinski definition) is 1. The zero-order valence-corrected chi connectivity index (χ0v) is 18.2. The standard InChI is InChI=1S/C22H28FN3O3S/c1-17(18-6-10-20(11-7-18)25-14-4-3-5-15-25)24-22(27)16-26(30(2,28)29)21-12-8-19(23)9-13-21/h6-13,17H,3-5,14-16H2,1-2H3,(H,24,27). The number of amides is 1. The Labute approximate surface area is 177 Å². The van der Waals surface area contributed by atoms with E-state index in [2.05, 4.69) is 22.3 Å². The SMILES string of the molecule is CC(NC(=O)CN(c1ccc(F)cc1)S(C)(=O)=O)c1ccc(N2CCCCC2)cc1. The van der Waals surface area contributed by atoms with Crippen LogP contribution in [0.15, 0.2) is 48.5 Å². The zero-order valence-electron chi connectivity index (χ0n) is 17.3. The van der Waals surface area contributed by atoms with Gasteiger partial charge in [0.2, 0.25) is 15.9 Å². The molecule has 0 bridgehead atoms. The Hall–Kier alpha value is -2.61. The highest BCUT2D eigenvalue weighted by atomic mass is 32.2. The average molecular weight is 434 g/mol. The Bertz CT molecular complexity index is 956. The minimum absolute atomic E-state index is 0.243. The van der Waals surface area contributed by atoms with Crippen LogP contribution in [0.2, 0.25) is 0 Å². The van der Waals surface area contributed by atoms with Crippen LogP contribution in [-0.2, 0) is 14.8 Å². The Morgan fingerprint density at radius 3 is 2.23 bits per heavy atom. The third-order valence-electron chi connectivity index (χ3n) is 5.29. The van der Waals surface area contributed by atoms with E-state index in [1.807, 2.05) is 19.1 Å². The molecule has 1 aliphatic heterocycles. The highest BCUT2D eigenvalue weighted by Crippen LogP contribution is 2.23.